The number of aliphatic hydroxyl groups is 2. The van der Waals surface area contributed by atoms with E-state index < -0.39 is 18.5 Å². The molecule has 1 fully saturated rings. The fraction of sp³-hybridized carbons (Fsp3) is 1.00. The molecule has 1 heterocycles. The number of methoxy groups -OCH3 is 2. The van der Waals surface area contributed by atoms with Crippen molar-refractivity contribution in [2.45, 2.75) is 31.5 Å². The molecule has 0 amide bonds. The zero-order valence-electron chi connectivity index (χ0n) is 10.5. The van der Waals surface area contributed by atoms with Gasteiger partial charge in [0.25, 0.3) is 0 Å². The summed E-state index contributed by atoms with van der Waals surface area (Å²) in [6, 6.07) is 0. The minimum atomic E-state index is -0.708. The Hall–Kier alpha value is -0.240. The highest BCUT2D eigenvalue weighted by atomic mass is 16.7. The Morgan fingerprint density at radius 1 is 1.29 bits per heavy atom. The van der Waals surface area contributed by atoms with Crippen LogP contribution in [0, 0.1) is 5.92 Å². The second-order valence-corrected chi connectivity index (χ2v) is 4.14. The summed E-state index contributed by atoms with van der Waals surface area (Å²) in [6.45, 7) is 2.31. The fourth-order valence-electron chi connectivity index (χ4n) is 1.96. The Bertz CT molecular complexity index is 210. The summed E-state index contributed by atoms with van der Waals surface area (Å²) in [4.78, 5) is 0. The van der Waals surface area contributed by atoms with Crippen LogP contribution in [-0.4, -0.2) is 68.9 Å². The molecule has 0 aromatic carbocycles. The summed E-state index contributed by atoms with van der Waals surface area (Å²) in [5.74, 6) is -0.120. The van der Waals surface area contributed by atoms with Gasteiger partial charge in [-0.2, -0.15) is 0 Å². The molecule has 1 saturated heterocycles. The van der Waals surface area contributed by atoms with Crippen LogP contribution in [0.5, 0.6) is 0 Å². The zero-order valence-corrected chi connectivity index (χ0v) is 10.5. The van der Waals surface area contributed by atoms with E-state index >= 15 is 0 Å². The number of ether oxygens (including phenoxy) is 4. The highest BCUT2D eigenvalue weighted by Gasteiger charge is 2.43. The Morgan fingerprint density at radius 2 is 2.00 bits per heavy atom. The van der Waals surface area contributed by atoms with Gasteiger partial charge in [-0.3, -0.25) is 0 Å². The molecule has 1 aliphatic rings. The van der Waals surface area contributed by atoms with Crippen molar-refractivity contribution in [1.29, 1.82) is 0 Å². The minimum absolute atomic E-state index is 0.102. The largest absolute Gasteiger partial charge is 0.394 e. The summed E-state index contributed by atoms with van der Waals surface area (Å²) in [5, 5.41) is 18.9. The Labute approximate surface area is 101 Å². The Morgan fingerprint density at radius 3 is 2.53 bits per heavy atom. The normalized spacial score (nSPS) is 38.3. The van der Waals surface area contributed by atoms with Crippen LogP contribution in [-0.2, 0) is 18.9 Å². The van der Waals surface area contributed by atoms with Gasteiger partial charge in [-0.1, -0.05) is 6.92 Å². The highest BCUT2D eigenvalue weighted by Crippen LogP contribution is 2.28. The standard InChI is InChI=1S/C11H22O6/c1-7-8(6-14-2)17-11(15-3)10(9(7)13)16-5-4-12/h7-13H,4-6H2,1-3H3. The van der Waals surface area contributed by atoms with Gasteiger partial charge in [0.1, 0.15) is 6.10 Å². The molecule has 2 N–H and O–H groups in total. The minimum Gasteiger partial charge on any atom is -0.394 e. The van der Waals surface area contributed by atoms with Crippen molar-refractivity contribution < 1.29 is 29.2 Å². The van der Waals surface area contributed by atoms with Crippen LogP contribution in [0.15, 0.2) is 0 Å². The van der Waals surface area contributed by atoms with E-state index in [1.165, 1.54) is 7.11 Å². The summed E-state index contributed by atoms with van der Waals surface area (Å²) in [6.07, 6.45) is -2.17. The second-order valence-electron chi connectivity index (χ2n) is 4.14. The van der Waals surface area contributed by atoms with Gasteiger partial charge in [0.2, 0.25) is 0 Å². The number of rotatable bonds is 6. The van der Waals surface area contributed by atoms with Crippen LogP contribution in [0.3, 0.4) is 0 Å². The van der Waals surface area contributed by atoms with Crippen LogP contribution >= 0.6 is 0 Å². The average Bonchev–Trinajstić information content (AvgIpc) is 2.34. The van der Waals surface area contributed by atoms with Gasteiger partial charge < -0.3 is 29.2 Å². The van der Waals surface area contributed by atoms with E-state index in [1.807, 2.05) is 6.92 Å². The molecule has 0 spiro atoms. The predicted octanol–water partition coefficient (Wildman–Crippen LogP) is -0.621. The summed E-state index contributed by atoms with van der Waals surface area (Å²) < 4.78 is 21.2. The van der Waals surface area contributed by atoms with E-state index in [0.29, 0.717) is 6.61 Å². The van der Waals surface area contributed by atoms with E-state index in [4.69, 9.17) is 24.1 Å². The van der Waals surface area contributed by atoms with Gasteiger partial charge in [-0.15, -0.1) is 0 Å². The third-order valence-electron chi connectivity index (χ3n) is 3.00. The van der Waals surface area contributed by atoms with Crippen LogP contribution in [0.1, 0.15) is 6.92 Å². The van der Waals surface area contributed by atoms with E-state index in [2.05, 4.69) is 0 Å². The van der Waals surface area contributed by atoms with Gasteiger partial charge in [0.15, 0.2) is 6.29 Å². The maximum Gasteiger partial charge on any atom is 0.186 e. The van der Waals surface area contributed by atoms with Crippen molar-refractivity contribution in [1.82, 2.24) is 0 Å². The smallest absolute Gasteiger partial charge is 0.186 e. The van der Waals surface area contributed by atoms with Crippen LogP contribution in [0.25, 0.3) is 0 Å². The van der Waals surface area contributed by atoms with Crippen molar-refractivity contribution in [2.24, 2.45) is 5.92 Å². The average molecular weight is 250 g/mol. The molecule has 0 aromatic heterocycles. The van der Waals surface area contributed by atoms with E-state index in [-0.39, 0.29) is 25.2 Å². The van der Waals surface area contributed by atoms with Gasteiger partial charge >= 0.3 is 0 Å². The van der Waals surface area contributed by atoms with Crippen molar-refractivity contribution in [3.8, 4) is 0 Å². The van der Waals surface area contributed by atoms with Gasteiger partial charge in [-0.25, -0.2) is 0 Å². The SMILES string of the molecule is COCC1OC(OC)C(OCCO)C(O)C1C. The van der Waals surface area contributed by atoms with E-state index in [1.54, 1.807) is 7.11 Å². The van der Waals surface area contributed by atoms with E-state index in [0.717, 1.165) is 0 Å². The maximum atomic E-state index is 10.1. The molecule has 0 aliphatic carbocycles. The molecule has 6 nitrogen and oxygen atoms in total. The van der Waals surface area contributed by atoms with Gasteiger partial charge in [0, 0.05) is 20.1 Å². The second kappa shape index (κ2) is 7.25. The highest BCUT2D eigenvalue weighted by molar-refractivity contribution is 4.87. The molecular formula is C11H22O6. The number of hydrogen-bond donors (Lipinski definition) is 2. The number of aliphatic hydroxyl groups excluding tert-OH is 2. The first-order chi connectivity index (χ1) is 8.15. The lowest BCUT2D eigenvalue weighted by Gasteiger charge is -2.42. The zero-order chi connectivity index (χ0) is 12.8. The first-order valence-electron chi connectivity index (χ1n) is 5.73. The molecule has 6 heteroatoms. The lowest BCUT2D eigenvalue weighted by atomic mass is 9.91. The molecule has 0 saturated carbocycles. The van der Waals surface area contributed by atoms with Gasteiger partial charge in [0.05, 0.1) is 32.0 Å². The van der Waals surface area contributed by atoms with Crippen molar-refractivity contribution in [2.75, 3.05) is 34.0 Å². The summed E-state index contributed by atoms with van der Waals surface area (Å²) in [7, 11) is 3.07. The molecule has 102 valence electrons. The lowest BCUT2D eigenvalue weighted by Crippen LogP contribution is -2.56. The van der Waals surface area contributed by atoms with Crippen LogP contribution in [0.4, 0.5) is 0 Å². The molecule has 5 unspecified atom stereocenters. The monoisotopic (exact) mass is 250 g/mol. The van der Waals surface area contributed by atoms with Crippen LogP contribution < -0.4 is 0 Å². The molecule has 1 aliphatic heterocycles. The summed E-state index contributed by atoms with van der Waals surface area (Å²) >= 11 is 0. The molecule has 17 heavy (non-hydrogen) atoms. The Balaban J connectivity index is 2.65. The molecule has 0 aromatic rings. The first-order valence-corrected chi connectivity index (χ1v) is 5.73. The molecule has 0 bridgehead atoms. The third-order valence-corrected chi connectivity index (χ3v) is 3.00. The van der Waals surface area contributed by atoms with Gasteiger partial charge in [-0.05, 0) is 0 Å². The molecule has 0 radical (unpaired) electrons. The number of hydrogen-bond acceptors (Lipinski definition) is 6. The Kier molecular flexibility index (Phi) is 6.32. The predicted molar refractivity (Wildman–Crippen MR) is 59.5 cm³/mol. The van der Waals surface area contributed by atoms with Crippen molar-refractivity contribution in [3.05, 3.63) is 0 Å². The topological polar surface area (TPSA) is 77.4 Å². The first kappa shape index (κ1) is 14.8. The third kappa shape index (κ3) is 3.61. The maximum absolute atomic E-state index is 10.1. The van der Waals surface area contributed by atoms with E-state index in [9.17, 15) is 5.11 Å². The molecule has 1 rings (SSSR count). The molecule has 5 atom stereocenters. The lowest BCUT2D eigenvalue weighted by molar-refractivity contribution is -0.292. The molecular weight excluding hydrogens is 228 g/mol. The van der Waals surface area contributed by atoms with Crippen LogP contribution in [0.2, 0.25) is 0 Å². The quantitative estimate of drug-likeness (QED) is 0.654. The fourth-order valence-corrected chi connectivity index (χ4v) is 1.96. The van der Waals surface area contributed by atoms with Crippen molar-refractivity contribution >= 4 is 0 Å². The summed E-state index contributed by atoms with van der Waals surface area (Å²) in [5.41, 5.74) is 0. The van der Waals surface area contributed by atoms with Crippen molar-refractivity contribution in [3.63, 3.8) is 0 Å².